The lowest BCUT2D eigenvalue weighted by atomic mass is 10.1. The largest absolute Gasteiger partial charge is 0.396 e. The maximum Gasteiger partial charge on any atom is 0.189 e. The van der Waals surface area contributed by atoms with E-state index in [9.17, 15) is 9.18 Å². The van der Waals surface area contributed by atoms with E-state index in [1.54, 1.807) is 24.4 Å². The Morgan fingerprint density at radius 2 is 1.85 bits per heavy atom. The molecule has 100 valence electrons. The molecule has 0 amide bonds. The number of para-hydroxylation sites is 1. The summed E-state index contributed by atoms with van der Waals surface area (Å²) in [5.41, 5.74) is 6.95. The van der Waals surface area contributed by atoms with Gasteiger partial charge in [-0.1, -0.05) is 24.3 Å². The van der Waals surface area contributed by atoms with Gasteiger partial charge in [-0.25, -0.2) is 4.39 Å². The molecule has 0 bridgehead atoms. The first-order valence-corrected chi connectivity index (χ1v) is 6.28. The number of anilines is 1. The number of rotatable bonds is 2. The third kappa shape index (κ3) is 2.05. The summed E-state index contributed by atoms with van der Waals surface area (Å²) < 4.78 is 15.8. The number of nitrogen functional groups attached to an aromatic ring is 1. The standard InChI is InChI=1S/C16H13FN2O/c17-16-11(4-3-6-13(16)18)10-19-9-8-15(20)12-5-1-2-7-14(12)19/h1-9H,10,18H2. The van der Waals surface area contributed by atoms with E-state index in [1.165, 1.54) is 12.1 Å². The Balaban J connectivity index is 2.14. The summed E-state index contributed by atoms with van der Waals surface area (Å²) in [5, 5.41) is 0.624. The third-order valence-corrected chi connectivity index (χ3v) is 3.33. The number of halogens is 1. The number of pyridine rings is 1. The number of hydrogen-bond donors (Lipinski definition) is 1. The number of benzene rings is 2. The summed E-state index contributed by atoms with van der Waals surface area (Å²) >= 11 is 0. The van der Waals surface area contributed by atoms with E-state index in [0.717, 1.165) is 5.52 Å². The SMILES string of the molecule is Nc1cccc(Cn2ccc(=O)c3ccccc32)c1F. The van der Waals surface area contributed by atoms with Gasteiger partial charge in [0.05, 0.1) is 17.7 Å². The molecule has 2 N–H and O–H groups in total. The second-order valence-corrected chi connectivity index (χ2v) is 4.65. The molecule has 3 rings (SSSR count). The molecule has 3 aromatic rings. The zero-order chi connectivity index (χ0) is 14.1. The molecule has 0 aliphatic heterocycles. The molecule has 4 heteroatoms. The molecule has 0 saturated carbocycles. The van der Waals surface area contributed by atoms with Gasteiger partial charge < -0.3 is 10.3 Å². The highest BCUT2D eigenvalue weighted by Crippen LogP contribution is 2.18. The molecule has 0 aliphatic rings. The Morgan fingerprint density at radius 1 is 1.05 bits per heavy atom. The van der Waals surface area contributed by atoms with Crippen LogP contribution in [-0.2, 0) is 6.54 Å². The molecule has 0 spiro atoms. The predicted molar refractivity (Wildman–Crippen MR) is 78.1 cm³/mol. The molecule has 3 nitrogen and oxygen atoms in total. The smallest absolute Gasteiger partial charge is 0.189 e. The zero-order valence-corrected chi connectivity index (χ0v) is 10.7. The van der Waals surface area contributed by atoms with E-state index in [4.69, 9.17) is 5.73 Å². The first kappa shape index (κ1) is 12.4. The molecule has 0 unspecified atom stereocenters. The highest BCUT2D eigenvalue weighted by atomic mass is 19.1. The second-order valence-electron chi connectivity index (χ2n) is 4.65. The van der Waals surface area contributed by atoms with Crippen LogP contribution in [-0.4, -0.2) is 4.57 Å². The van der Waals surface area contributed by atoms with Gasteiger partial charge in [-0.15, -0.1) is 0 Å². The minimum Gasteiger partial charge on any atom is -0.396 e. The van der Waals surface area contributed by atoms with Crippen molar-refractivity contribution >= 4 is 16.6 Å². The number of aromatic nitrogens is 1. The van der Waals surface area contributed by atoms with Crippen LogP contribution in [0, 0.1) is 5.82 Å². The Morgan fingerprint density at radius 3 is 2.70 bits per heavy atom. The quantitative estimate of drug-likeness (QED) is 0.726. The van der Waals surface area contributed by atoms with E-state index in [-0.39, 0.29) is 11.1 Å². The van der Waals surface area contributed by atoms with Gasteiger partial charge in [0.2, 0.25) is 0 Å². The Labute approximate surface area is 115 Å². The zero-order valence-electron chi connectivity index (χ0n) is 10.7. The molecule has 0 fully saturated rings. The van der Waals surface area contributed by atoms with Crippen molar-refractivity contribution in [3.05, 3.63) is 76.3 Å². The number of fused-ring (bicyclic) bond motifs is 1. The van der Waals surface area contributed by atoms with Crippen molar-refractivity contribution < 1.29 is 4.39 Å². The van der Waals surface area contributed by atoms with E-state index in [0.29, 0.717) is 17.5 Å². The van der Waals surface area contributed by atoms with Crippen LogP contribution in [0.5, 0.6) is 0 Å². The highest BCUT2D eigenvalue weighted by Gasteiger charge is 2.08. The third-order valence-electron chi connectivity index (χ3n) is 3.33. The minimum absolute atomic E-state index is 0.0371. The van der Waals surface area contributed by atoms with Gasteiger partial charge in [-0.3, -0.25) is 4.79 Å². The minimum atomic E-state index is -0.407. The van der Waals surface area contributed by atoms with Gasteiger partial charge in [0.25, 0.3) is 0 Å². The van der Waals surface area contributed by atoms with Gasteiger partial charge in [0.1, 0.15) is 0 Å². The van der Waals surface area contributed by atoms with Crippen LogP contribution in [0.3, 0.4) is 0 Å². The Bertz CT molecular complexity index is 839. The van der Waals surface area contributed by atoms with Gasteiger partial charge in [-0.2, -0.15) is 0 Å². The van der Waals surface area contributed by atoms with Crippen molar-refractivity contribution in [3.63, 3.8) is 0 Å². The summed E-state index contributed by atoms with van der Waals surface area (Å²) in [4.78, 5) is 11.8. The van der Waals surface area contributed by atoms with Gasteiger partial charge in [-0.05, 0) is 18.2 Å². The fourth-order valence-electron chi connectivity index (χ4n) is 2.30. The monoisotopic (exact) mass is 268 g/mol. The van der Waals surface area contributed by atoms with Gasteiger partial charge in [0, 0.05) is 23.2 Å². The number of nitrogens with zero attached hydrogens (tertiary/aromatic N) is 1. The number of hydrogen-bond acceptors (Lipinski definition) is 2. The predicted octanol–water partition coefficient (Wildman–Crippen LogP) is 2.77. The summed E-state index contributed by atoms with van der Waals surface area (Å²) in [6, 6.07) is 13.7. The molecule has 2 aromatic carbocycles. The van der Waals surface area contributed by atoms with Crippen molar-refractivity contribution in [1.82, 2.24) is 4.57 Å². The first-order valence-electron chi connectivity index (χ1n) is 6.28. The van der Waals surface area contributed by atoms with E-state index in [1.807, 2.05) is 22.8 Å². The summed E-state index contributed by atoms with van der Waals surface area (Å²) in [5.74, 6) is -0.407. The van der Waals surface area contributed by atoms with Crippen LogP contribution >= 0.6 is 0 Å². The average molecular weight is 268 g/mol. The lowest BCUT2D eigenvalue weighted by Gasteiger charge is -2.12. The van der Waals surface area contributed by atoms with Crippen LogP contribution in [0.15, 0.2) is 59.5 Å². The van der Waals surface area contributed by atoms with E-state index < -0.39 is 5.82 Å². The van der Waals surface area contributed by atoms with Crippen molar-refractivity contribution in [2.45, 2.75) is 6.54 Å². The molecular weight excluding hydrogens is 255 g/mol. The molecular formula is C16H13FN2O. The Kier molecular flexibility index (Phi) is 2.99. The summed E-state index contributed by atoms with van der Waals surface area (Å²) in [6.45, 7) is 0.331. The lowest BCUT2D eigenvalue weighted by molar-refractivity contribution is 0.606. The number of nitrogens with two attached hydrogens (primary N) is 1. The summed E-state index contributed by atoms with van der Waals surface area (Å²) in [6.07, 6.45) is 1.67. The lowest BCUT2D eigenvalue weighted by Crippen LogP contribution is -2.10. The fraction of sp³-hybridized carbons (Fsp3) is 0.0625. The molecule has 0 radical (unpaired) electrons. The molecule has 0 aliphatic carbocycles. The summed E-state index contributed by atoms with van der Waals surface area (Å²) in [7, 11) is 0. The topological polar surface area (TPSA) is 48.0 Å². The van der Waals surface area contributed by atoms with Crippen LogP contribution in [0.2, 0.25) is 0 Å². The molecule has 0 atom stereocenters. The van der Waals surface area contributed by atoms with Gasteiger partial charge in [0.15, 0.2) is 11.2 Å². The van der Waals surface area contributed by atoms with Crippen LogP contribution in [0.1, 0.15) is 5.56 Å². The van der Waals surface area contributed by atoms with Crippen molar-refractivity contribution in [2.75, 3.05) is 5.73 Å². The first-order chi connectivity index (χ1) is 9.66. The van der Waals surface area contributed by atoms with Gasteiger partial charge >= 0.3 is 0 Å². The second kappa shape index (κ2) is 4.81. The molecule has 1 heterocycles. The average Bonchev–Trinajstić information content (AvgIpc) is 2.47. The van der Waals surface area contributed by atoms with Crippen LogP contribution in [0.4, 0.5) is 10.1 Å². The molecule has 20 heavy (non-hydrogen) atoms. The molecule has 1 aromatic heterocycles. The highest BCUT2D eigenvalue weighted by molar-refractivity contribution is 5.78. The van der Waals surface area contributed by atoms with E-state index >= 15 is 0 Å². The van der Waals surface area contributed by atoms with Crippen molar-refractivity contribution in [2.24, 2.45) is 0 Å². The maximum absolute atomic E-state index is 14.0. The Hall–Kier alpha value is -2.62. The maximum atomic E-state index is 14.0. The van der Waals surface area contributed by atoms with Crippen LogP contribution in [0.25, 0.3) is 10.9 Å². The van der Waals surface area contributed by atoms with E-state index in [2.05, 4.69) is 0 Å². The van der Waals surface area contributed by atoms with Crippen molar-refractivity contribution in [1.29, 1.82) is 0 Å². The molecule has 0 saturated heterocycles. The van der Waals surface area contributed by atoms with Crippen molar-refractivity contribution in [3.8, 4) is 0 Å². The van der Waals surface area contributed by atoms with Crippen LogP contribution < -0.4 is 11.2 Å². The fourth-order valence-corrected chi connectivity index (χ4v) is 2.30. The normalized spacial score (nSPS) is 10.8.